The van der Waals surface area contributed by atoms with Gasteiger partial charge in [-0.15, -0.1) is 0 Å². The molecule has 9 nitrogen and oxygen atoms in total. The maximum Gasteiger partial charge on any atom is 0.347 e. The highest BCUT2D eigenvalue weighted by Gasteiger charge is 2.31. The number of ether oxygens (including phenoxy) is 3. The van der Waals surface area contributed by atoms with E-state index in [4.69, 9.17) is 14.2 Å². The van der Waals surface area contributed by atoms with Crippen molar-refractivity contribution in [3.63, 3.8) is 0 Å². The highest BCUT2D eigenvalue weighted by Crippen LogP contribution is 2.41. The summed E-state index contributed by atoms with van der Waals surface area (Å²) in [6, 6.07) is 11.2. The van der Waals surface area contributed by atoms with E-state index in [2.05, 4.69) is 6.07 Å². The molecule has 4 aromatic rings. The van der Waals surface area contributed by atoms with Gasteiger partial charge in [0.05, 0.1) is 40.2 Å². The van der Waals surface area contributed by atoms with Gasteiger partial charge in [0.2, 0.25) is 0 Å². The monoisotopic (exact) mass is 504 g/mol. The van der Waals surface area contributed by atoms with E-state index >= 15 is 0 Å². The third kappa shape index (κ3) is 3.82. The Morgan fingerprint density at radius 1 is 1.05 bits per heavy atom. The van der Waals surface area contributed by atoms with Crippen LogP contribution in [0.3, 0.4) is 0 Å². The standard InChI is InChI=1S/C28H28N2O7/c1-29-18(14-31)9-17-10-21-15(11-22(17)29)6-8-20-25(21)30(27(33)24(26(20)32)28(34)37-4)13-16-5-7-19(35-2)12-23(16)36-3/h5,7,9-12,31-32H,6,8,13-14H2,1-4H3. The van der Waals surface area contributed by atoms with Crippen molar-refractivity contribution in [2.75, 3.05) is 21.3 Å². The van der Waals surface area contributed by atoms with E-state index in [1.165, 1.54) is 18.8 Å². The van der Waals surface area contributed by atoms with Crippen molar-refractivity contribution >= 4 is 16.9 Å². The number of benzene rings is 2. The molecule has 2 aromatic carbocycles. The third-order valence-electron chi connectivity index (χ3n) is 7.18. The van der Waals surface area contributed by atoms with Gasteiger partial charge in [0.1, 0.15) is 17.2 Å². The molecule has 5 rings (SSSR count). The van der Waals surface area contributed by atoms with Crippen molar-refractivity contribution in [3.8, 4) is 28.5 Å². The zero-order valence-electron chi connectivity index (χ0n) is 21.1. The highest BCUT2D eigenvalue weighted by atomic mass is 16.5. The predicted molar refractivity (Wildman–Crippen MR) is 138 cm³/mol. The van der Waals surface area contributed by atoms with E-state index in [1.807, 2.05) is 23.7 Å². The van der Waals surface area contributed by atoms with Gasteiger partial charge in [-0.05, 0) is 48.7 Å². The fraction of sp³-hybridized carbons (Fsp3) is 0.286. The topological polar surface area (TPSA) is 112 Å². The lowest BCUT2D eigenvalue weighted by Crippen LogP contribution is -2.31. The number of hydrogen-bond acceptors (Lipinski definition) is 7. The average Bonchev–Trinajstić information content (AvgIpc) is 3.23. The number of hydrogen-bond donors (Lipinski definition) is 2. The van der Waals surface area contributed by atoms with E-state index in [0.717, 1.165) is 27.7 Å². The summed E-state index contributed by atoms with van der Waals surface area (Å²) in [6.45, 7) is -0.00948. The van der Waals surface area contributed by atoms with E-state index in [-0.39, 0.29) is 24.5 Å². The minimum atomic E-state index is -0.891. The van der Waals surface area contributed by atoms with Gasteiger partial charge in [0, 0.05) is 46.4 Å². The maximum atomic E-state index is 13.8. The Bertz CT molecular complexity index is 1610. The van der Waals surface area contributed by atoms with Gasteiger partial charge in [-0.25, -0.2) is 4.79 Å². The number of nitrogens with zero attached hydrogens (tertiary/aromatic N) is 2. The number of rotatable bonds is 6. The van der Waals surface area contributed by atoms with Gasteiger partial charge in [0.25, 0.3) is 5.56 Å². The Labute approximate surface area is 213 Å². The maximum absolute atomic E-state index is 13.8. The van der Waals surface area contributed by atoms with Crippen LogP contribution in [0.2, 0.25) is 0 Å². The number of aryl methyl sites for hydroxylation is 2. The molecule has 0 fully saturated rings. The van der Waals surface area contributed by atoms with Gasteiger partial charge in [-0.2, -0.15) is 0 Å². The van der Waals surface area contributed by atoms with E-state index < -0.39 is 11.5 Å². The molecule has 2 aromatic heterocycles. The Morgan fingerprint density at radius 2 is 1.84 bits per heavy atom. The molecule has 192 valence electrons. The van der Waals surface area contributed by atoms with Crippen LogP contribution in [0.1, 0.15) is 32.7 Å². The zero-order chi connectivity index (χ0) is 26.4. The minimum Gasteiger partial charge on any atom is -0.506 e. The summed E-state index contributed by atoms with van der Waals surface area (Å²) in [5.74, 6) is -0.112. The summed E-state index contributed by atoms with van der Waals surface area (Å²) >= 11 is 0. The van der Waals surface area contributed by atoms with Gasteiger partial charge < -0.3 is 33.6 Å². The summed E-state index contributed by atoms with van der Waals surface area (Å²) in [5.41, 5.74) is 4.24. The van der Waals surface area contributed by atoms with Crippen LogP contribution in [0.15, 0.2) is 41.2 Å². The first-order valence-corrected chi connectivity index (χ1v) is 11.8. The fourth-order valence-electron chi connectivity index (χ4n) is 5.22. The highest BCUT2D eigenvalue weighted by molar-refractivity contribution is 5.95. The first-order chi connectivity index (χ1) is 17.8. The van der Waals surface area contributed by atoms with Crippen LogP contribution >= 0.6 is 0 Å². The summed E-state index contributed by atoms with van der Waals surface area (Å²) in [7, 11) is 6.17. The second-order valence-electron chi connectivity index (χ2n) is 9.03. The molecule has 0 bridgehead atoms. The lowest BCUT2D eigenvalue weighted by atomic mass is 9.86. The number of esters is 1. The van der Waals surface area contributed by atoms with Crippen LogP contribution in [0.5, 0.6) is 17.2 Å². The molecular weight excluding hydrogens is 476 g/mol. The van der Waals surface area contributed by atoms with Crippen LogP contribution in [0.4, 0.5) is 0 Å². The van der Waals surface area contributed by atoms with Crippen LogP contribution < -0.4 is 15.0 Å². The lowest BCUT2D eigenvalue weighted by molar-refractivity contribution is 0.0594. The number of aromatic nitrogens is 2. The largest absolute Gasteiger partial charge is 0.506 e. The van der Waals surface area contributed by atoms with E-state index in [1.54, 1.807) is 25.3 Å². The molecule has 0 aliphatic heterocycles. The molecule has 1 aliphatic rings. The zero-order valence-corrected chi connectivity index (χ0v) is 21.1. The first kappa shape index (κ1) is 24.5. The molecule has 9 heteroatoms. The second kappa shape index (κ2) is 9.33. The van der Waals surface area contributed by atoms with Gasteiger partial charge >= 0.3 is 5.97 Å². The summed E-state index contributed by atoms with van der Waals surface area (Å²) in [6.07, 6.45) is 1.04. The van der Waals surface area contributed by atoms with Crippen LogP contribution in [0, 0.1) is 0 Å². The molecular formula is C28H28N2O7. The number of aromatic hydroxyl groups is 1. The molecule has 0 amide bonds. The predicted octanol–water partition coefficient (Wildman–Crippen LogP) is 3.16. The van der Waals surface area contributed by atoms with Crippen molar-refractivity contribution in [2.45, 2.75) is 26.0 Å². The third-order valence-corrected chi connectivity index (χ3v) is 7.18. The number of carbonyl (C=O) groups is 1. The number of aliphatic hydroxyl groups excluding tert-OH is 1. The smallest absolute Gasteiger partial charge is 0.347 e. The molecule has 0 saturated heterocycles. The Balaban J connectivity index is 1.81. The molecule has 2 N–H and O–H groups in total. The molecule has 37 heavy (non-hydrogen) atoms. The van der Waals surface area contributed by atoms with E-state index in [9.17, 15) is 19.8 Å². The number of carbonyl (C=O) groups excluding carboxylic acids is 1. The quantitative estimate of drug-likeness (QED) is 0.388. The van der Waals surface area contributed by atoms with Crippen molar-refractivity contribution in [3.05, 3.63) is 74.7 Å². The summed E-state index contributed by atoms with van der Waals surface area (Å²) in [5, 5.41) is 21.8. The molecule has 0 radical (unpaired) electrons. The van der Waals surface area contributed by atoms with Gasteiger partial charge in [-0.3, -0.25) is 4.79 Å². The van der Waals surface area contributed by atoms with Crippen LogP contribution in [-0.2, 0) is 37.8 Å². The van der Waals surface area contributed by atoms with Gasteiger partial charge in [-0.1, -0.05) is 0 Å². The normalized spacial score (nSPS) is 12.2. The van der Waals surface area contributed by atoms with Crippen molar-refractivity contribution in [1.82, 2.24) is 9.13 Å². The molecule has 1 aliphatic carbocycles. The lowest BCUT2D eigenvalue weighted by Gasteiger charge is -2.26. The molecule has 0 unspecified atom stereocenters. The molecule has 0 spiro atoms. The van der Waals surface area contributed by atoms with Crippen LogP contribution in [0.25, 0.3) is 22.2 Å². The number of aliphatic hydroxyl groups is 1. The average molecular weight is 505 g/mol. The minimum absolute atomic E-state index is 0.0900. The van der Waals surface area contributed by atoms with Crippen LogP contribution in [-0.4, -0.2) is 46.6 Å². The number of fused-ring (bicyclic) bond motifs is 4. The summed E-state index contributed by atoms with van der Waals surface area (Å²) in [4.78, 5) is 26.3. The molecule has 0 saturated carbocycles. The van der Waals surface area contributed by atoms with Crippen molar-refractivity contribution in [2.24, 2.45) is 7.05 Å². The number of pyridine rings is 1. The van der Waals surface area contributed by atoms with Crippen molar-refractivity contribution in [1.29, 1.82) is 0 Å². The first-order valence-electron chi connectivity index (χ1n) is 11.8. The summed E-state index contributed by atoms with van der Waals surface area (Å²) < 4.78 is 19.2. The fourth-order valence-corrected chi connectivity index (χ4v) is 5.22. The van der Waals surface area contributed by atoms with E-state index in [0.29, 0.717) is 41.2 Å². The molecule has 2 heterocycles. The second-order valence-corrected chi connectivity index (χ2v) is 9.03. The Morgan fingerprint density at radius 3 is 2.51 bits per heavy atom. The van der Waals surface area contributed by atoms with Crippen molar-refractivity contribution < 1.29 is 29.2 Å². The Kier molecular flexibility index (Phi) is 6.16. The molecule has 0 atom stereocenters. The van der Waals surface area contributed by atoms with Gasteiger partial charge in [0.15, 0.2) is 5.56 Å². The SMILES string of the molecule is COC(=O)c1c(O)c2c(n(Cc3ccc(OC)cc3OC)c1=O)-c1cc3cc(CO)n(C)c3cc1CC2. The number of methoxy groups -OCH3 is 3. The Hall–Kier alpha value is -4.24.